The van der Waals surface area contributed by atoms with Crippen molar-refractivity contribution in [3.8, 4) is 0 Å². The van der Waals surface area contributed by atoms with Gasteiger partial charge in [0.2, 0.25) is 11.8 Å². The van der Waals surface area contributed by atoms with Crippen molar-refractivity contribution in [2.75, 3.05) is 20.1 Å². The van der Waals surface area contributed by atoms with Crippen molar-refractivity contribution < 1.29 is 18.4 Å². The number of halogens is 2. The van der Waals surface area contributed by atoms with E-state index in [1.54, 1.807) is 11.9 Å². The highest BCUT2D eigenvalue weighted by Crippen LogP contribution is 2.21. The summed E-state index contributed by atoms with van der Waals surface area (Å²) in [6, 6.07) is 13.2. The van der Waals surface area contributed by atoms with Crippen LogP contribution in [-0.4, -0.2) is 41.8 Å². The monoisotopic (exact) mass is 372 g/mol. The number of benzene rings is 2. The van der Waals surface area contributed by atoms with Gasteiger partial charge in [-0.15, -0.1) is 0 Å². The summed E-state index contributed by atoms with van der Waals surface area (Å²) in [7, 11) is 1.57. The van der Waals surface area contributed by atoms with Gasteiger partial charge in [-0.05, 0) is 18.1 Å². The van der Waals surface area contributed by atoms with E-state index in [-0.39, 0.29) is 30.3 Å². The molecule has 1 saturated heterocycles. The zero-order valence-electron chi connectivity index (χ0n) is 15.2. The molecule has 6 heteroatoms. The van der Waals surface area contributed by atoms with Crippen LogP contribution in [0.15, 0.2) is 48.5 Å². The zero-order valence-corrected chi connectivity index (χ0v) is 15.2. The summed E-state index contributed by atoms with van der Waals surface area (Å²) in [6.45, 7) is 0.989. The molecule has 1 heterocycles. The zero-order chi connectivity index (χ0) is 19.4. The number of amides is 2. The second kappa shape index (κ2) is 8.29. The number of nitrogens with zero attached hydrogens (tertiary/aromatic N) is 2. The van der Waals surface area contributed by atoms with Crippen molar-refractivity contribution in [3.63, 3.8) is 0 Å². The fourth-order valence-electron chi connectivity index (χ4n) is 3.36. The molecule has 0 aromatic heterocycles. The van der Waals surface area contributed by atoms with Gasteiger partial charge in [0, 0.05) is 44.7 Å². The lowest BCUT2D eigenvalue weighted by molar-refractivity contribution is -0.135. The summed E-state index contributed by atoms with van der Waals surface area (Å²) < 4.78 is 26.8. The Morgan fingerprint density at radius 1 is 1.19 bits per heavy atom. The lowest BCUT2D eigenvalue weighted by Crippen LogP contribution is -2.35. The molecule has 1 aliphatic rings. The molecule has 1 aliphatic heterocycles. The quantitative estimate of drug-likeness (QED) is 0.782. The van der Waals surface area contributed by atoms with Gasteiger partial charge in [-0.2, -0.15) is 0 Å². The van der Waals surface area contributed by atoms with Gasteiger partial charge in [-0.1, -0.05) is 36.4 Å². The van der Waals surface area contributed by atoms with Crippen LogP contribution in [0.3, 0.4) is 0 Å². The summed E-state index contributed by atoms with van der Waals surface area (Å²) in [5.74, 6) is -2.00. The van der Waals surface area contributed by atoms with Crippen molar-refractivity contribution in [2.24, 2.45) is 5.92 Å². The average Bonchev–Trinajstić information content (AvgIpc) is 3.03. The maximum atomic E-state index is 13.8. The number of carbonyl (C=O) groups excluding carboxylic acids is 2. The third-order valence-electron chi connectivity index (χ3n) is 4.88. The highest BCUT2D eigenvalue weighted by molar-refractivity contribution is 5.89. The van der Waals surface area contributed by atoms with Crippen LogP contribution in [0.1, 0.15) is 17.5 Å². The van der Waals surface area contributed by atoms with Crippen LogP contribution in [-0.2, 0) is 22.6 Å². The predicted molar refractivity (Wildman–Crippen MR) is 97.7 cm³/mol. The minimum Gasteiger partial charge on any atom is -0.342 e. The van der Waals surface area contributed by atoms with Crippen molar-refractivity contribution in [2.45, 2.75) is 19.4 Å². The van der Waals surface area contributed by atoms with Gasteiger partial charge >= 0.3 is 0 Å². The lowest BCUT2D eigenvalue weighted by atomic mass is 10.1. The van der Waals surface area contributed by atoms with Gasteiger partial charge in [0.25, 0.3) is 0 Å². The molecule has 4 nitrogen and oxygen atoms in total. The molecule has 0 spiro atoms. The van der Waals surface area contributed by atoms with E-state index in [2.05, 4.69) is 0 Å². The normalized spacial score (nSPS) is 16.6. The summed E-state index contributed by atoms with van der Waals surface area (Å²) in [4.78, 5) is 28.0. The molecule has 1 fully saturated rings. The number of hydrogen-bond donors (Lipinski definition) is 0. The van der Waals surface area contributed by atoms with Crippen molar-refractivity contribution in [1.29, 1.82) is 0 Å². The van der Waals surface area contributed by atoms with Crippen LogP contribution in [0, 0.1) is 17.6 Å². The Bertz CT molecular complexity index is 826. The van der Waals surface area contributed by atoms with Crippen LogP contribution >= 0.6 is 0 Å². The Balaban J connectivity index is 1.56. The molecule has 0 saturated carbocycles. The number of likely N-dealkylation sites (tertiary alicyclic amines) is 1. The highest BCUT2D eigenvalue weighted by atomic mass is 19.1. The van der Waals surface area contributed by atoms with Crippen molar-refractivity contribution in [1.82, 2.24) is 9.80 Å². The molecular formula is C21H22F2N2O2. The molecule has 0 aliphatic carbocycles. The number of rotatable bonds is 6. The molecule has 2 amide bonds. The molecule has 0 radical (unpaired) electrons. The molecule has 2 aromatic carbocycles. The molecule has 3 rings (SSSR count). The first-order valence-electron chi connectivity index (χ1n) is 8.94. The second-order valence-electron chi connectivity index (χ2n) is 6.91. The Labute approximate surface area is 157 Å². The topological polar surface area (TPSA) is 40.6 Å². The van der Waals surface area contributed by atoms with Crippen LogP contribution in [0.5, 0.6) is 0 Å². The van der Waals surface area contributed by atoms with E-state index in [1.807, 2.05) is 30.3 Å². The summed E-state index contributed by atoms with van der Waals surface area (Å²) in [6.07, 6.45) is 0.911. The Hall–Kier alpha value is -2.76. The Morgan fingerprint density at radius 3 is 2.63 bits per heavy atom. The predicted octanol–water partition coefficient (Wildman–Crippen LogP) is 3.01. The summed E-state index contributed by atoms with van der Waals surface area (Å²) in [5, 5.41) is 0. The number of carbonyl (C=O) groups is 2. The van der Waals surface area contributed by atoms with E-state index in [1.165, 1.54) is 17.0 Å². The van der Waals surface area contributed by atoms with E-state index < -0.39 is 17.6 Å². The third kappa shape index (κ3) is 4.70. The van der Waals surface area contributed by atoms with E-state index >= 15 is 0 Å². The Kier molecular flexibility index (Phi) is 5.84. The van der Waals surface area contributed by atoms with E-state index in [0.29, 0.717) is 13.1 Å². The second-order valence-corrected chi connectivity index (χ2v) is 6.91. The summed E-state index contributed by atoms with van der Waals surface area (Å²) >= 11 is 0. The fourth-order valence-corrected chi connectivity index (χ4v) is 3.36. The first-order chi connectivity index (χ1) is 12.9. The van der Waals surface area contributed by atoms with Gasteiger partial charge < -0.3 is 9.80 Å². The molecule has 1 atom stereocenters. The molecular weight excluding hydrogens is 350 g/mol. The maximum Gasteiger partial charge on any atom is 0.228 e. The first-order valence-corrected chi connectivity index (χ1v) is 8.94. The molecule has 1 unspecified atom stereocenters. The van der Waals surface area contributed by atoms with E-state index in [9.17, 15) is 18.4 Å². The van der Waals surface area contributed by atoms with Gasteiger partial charge in [-0.3, -0.25) is 9.59 Å². The van der Waals surface area contributed by atoms with Crippen molar-refractivity contribution >= 4 is 11.8 Å². The van der Waals surface area contributed by atoms with Crippen LogP contribution in [0.2, 0.25) is 0 Å². The third-order valence-corrected chi connectivity index (χ3v) is 4.88. The number of hydrogen-bond acceptors (Lipinski definition) is 2. The minimum atomic E-state index is -0.679. The summed E-state index contributed by atoms with van der Waals surface area (Å²) in [5.41, 5.74) is 1.39. The van der Waals surface area contributed by atoms with Gasteiger partial charge in [0.05, 0.1) is 5.92 Å². The lowest BCUT2D eigenvalue weighted by Gasteiger charge is -2.22. The van der Waals surface area contributed by atoms with Crippen LogP contribution in [0.25, 0.3) is 0 Å². The van der Waals surface area contributed by atoms with E-state index in [4.69, 9.17) is 0 Å². The van der Waals surface area contributed by atoms with Gasteiger partial charge in [0.1, 0.15) is 11.6 Å². The molecule has 2 aromatic rings. The first kappa shape index (κ1) is 19.0. The highest BCUT2D eigenvalue weighted by Gasteiger charge is 2.35. The maximum absolute atomic E-state index is 13.8. The van der Waals surface area contributed by atoms with Gasteiger partial charge in [0.15, 0.2) is 0 Å². The Morgan fingerprint density at radius 2 is 1.93 bits per heavy atom. The average molecular weight is 372 g/mol. The molecule has 0 N–H and O–H groups in total. The van der Waals surface area contributed by atoms with Crippen LogP contribution in [0.4, 0.5) is 8.78 Å². The van der Waals surface area contributed by atoms with Crippen LogP contribution < -0.4 is 0 Å². The molecule has 0 bridgehead atoms. The van der Waals surface area contributed by atoms with Gasteiger partial charge in [-0.25, -0.2) is 8.78 Å². The van der Waals surface area contributed by atoms with Crippen molar-refractivity contribution in [3.05, 3.63) is 71.3 Å². The largest absolute Gasteiger partial charge is 0.342 e. The standard InChI is InChI=1S/C21H22F2N2O2/c1-24(13-16-7-8-18(22)12-19(16)23)21(27)17-11-20(26)25(14-17)10-9-15-5-3-2-4-6-15/h2-8,12,17H,9-11,13-14H2,1H3. The smallest absolute Gasteiger partial charge is 0.228 e. The molecule has 27 heavy (non-hydrogen) atoms. The molecule has 142 valence electrons. The van der Waals surface area contributed by atoms with E-state index in [0.717, 1.165) is 18.1 Å². The minimum absolute atomic E-state index is 0.0364. The SMILES string of the molecule is CN(Cc1ccc(F)cc1F)C(=O)C1CC(=O)N(CCc2ccccc2)C1. The fraction of sp³-hybridized carbons (Fsp3) is 0.333.